The van der Waals surface area contributed by atoms with Gasteiger partial charge in [0.05, 0.1) is 12.6 Å². The summed E-state index contributed by atoms with van der Waals surface area (Å²) in [5.74, 6) is 0.505. The van der Waals surface area contributed by atoms with Crippen LogP contribution in [0, 0.1) is 5.92 Å². The fraction of sp³-hybridized carbons (Fsp3) is 0.857. The van der Waals surface area contributed by atoms with E-state index >= 15 is 0 Å². The molecular weight excluding hydrogens is 256 g/mol. The standard InChI is InChI=1S/C14H28N4O2/c1-11(2)9-16-14(20)12(3)17(4)10-13(19)18-7-5-15-6-8-18/h11-12,15H,5-10H2,1-4H3,(H,16,20). The number of nitrogens with zero attached hydrogens (tertiary/aromatic N) is 2. The Morgan fingerprint density at radius 1 is 1.25 bits per heavy atom. The second-order valence-electron chi connectivity index (χ2n) is 5.86. The summed E-state index contributed by atoms with van der Waals surface area (Å²) >= 11 is 0. The lowest BCUT2D eigenvalue weighted by Gasteiger charge is -2.30. The average Bonchev–Trinajstić information content (AvgIpc) is 2.44. The van der Waals surface area contributed by atoms with Gasteiger partial charge in [-0.05, 0) is 19.9 Å². The number of piperazine rings is 1. The summed E-state index contributed by atoms with van der Waals surface area (Å²) < 4.78 is 0. The summed E-state index contributed by atoms with van der Waals surface area (Å²) in [6.07, 6.45) is 0. The largest absolute Gasteiger partial charge is 0.354 e. The second-order valence-corrected chi connectivity index (χ2v) is 5.86. The third kappa shape index (κ3) is 5.46. The van der Waals surface area contributed by atoms with Crippen molar-refractivity contribution in [2.45, 2.75) is 26.8 Å². The highest BCUT2D eigenvalue weighted by Gasteiger charge is 2.23. The Morgan fingerprint density at radius 3 is 2.40 bits per heavy atom. The van der Waals surface area contributed by atoms with Gasteiger partial charge in [0, 0.05) is 32.7 Å². The van der Waals surface area contributed by atoms with E-state index in [-0.39, 0.29) is 24.4 Å². The number of amides is 2. The van der Waals surface area contributed by atoms with Gasteiger partial charge in [-0.3, -0.25) is 14.5 Å². The molecule has 6 heteroatoms. The molecule has 1 fully saturated rings. The van der Waals surface area contributed by atoms with Gasteiger partial charge < -0.3 is 15.5 Å². The molecule has 0 spiro atoms. The van der Waals surface area contributed by atoms with Gasteiger partial charge in [0.25, 0.3) is 0 Å². The number of hydrogen-bond acceptors (Lipinski definition) is 4. The Labute approximate surface area is 121 Å². The lowest BCUT2D eigenvalue weighted by molar-refractivity contribution is -0.134. The van der Waals surface area contributed by atoms with Crippen LogP contribution in [-0.2, 0) is 9.59 Å². The topological polar surface area (TPSA) is 64.7 Å². The predicted molar refractivity (Wildman–Crippen MR) is 79.4 cm³/mol. The van der Waals surface area contributed by atoms with Gasteiger partial charge >= 0.3 is 0 Å². The quantitative estimate of drug-likeness (QED) is 0.691. The van der Waals surface area contributed by atoms with E-state index in [0.717, 1.165) is 26.2 Å². The van der Waals surface area contributed by atoms with Gasteiger partial charge in [0.2, 0.25) is 11.8 Å². The van der Waals surface area contributed by atoms with E-state index in [0.29, 0.717) is 12.5 Å². The predicted octanol–water partition coefficient (Wildman–Crippen LogP) is -0.489. The van der Waals surface area contributed by atoms with Crippen molar-refractivity contribution in [2.24, 2.45) is 5.92 Å². The Hall–Kier alpha value is -1.14. The molecule has 0 bridgehead atoms. The third-order valence-corrected chi connectivity index (χ3v) is 3.58. The number of carbonyl (C=O) groups excluding carboxylic acids is 2. The Balaban J connectivity index is 2.37. The summed E-state index contributed by atoms with van der Waals surface area (Å²) in [5, 5.41) is 6.12. The van der Waals surface area contributed by atoms with Gasteiger partial charge in [0.15, 0.2) is 0 Å². The molecule has 6 nitrogen and oxygen atoms in total. The third-order valence-electron chi connectivity index (χ3n) is 3.58. The van der Waals surface area contributed by atoms with Crippen molar-refractivity contribution in [3.05, 3.63) is 0 Å². The molecule has 1 unspecified atom stereocenters. The fourth-order valence-electron chi connectivity index (χ4n) is 2.02. The zero-order valence-electron chi connectivity index (χ0n) is 13.1. The number of rotatable bonds is 6. The summed E-state index contributed by atoms with van der Waals surface area (Å²) in [6, 6.07) is -0.291. The highest BCUT2D eigenvalue weighted by atomic mass is 16.2. The molecule has 1 rings (SSSR count). The maximum absolute atomic E-state index is 12.1. The van der Waals surface area contributed by atoms with Crippen LogP contribution in [0.2, 0.25) is 0 Å². The van der Waals surface area contributed by atoms with Crippen molar-refractivity contribution < 1.29 is 9.59 Å². The van der Waals surface area contributed by atoms with Crippen molar-refractivity contribution in [1.29, 1.82) is 0 Å². The minimum Gasteiger partial charge on any atom is -0.354 e. The summed E-state index contributed by atoms with van der Waals surface area (Å²) in [6.45, 7) is 10.1. The van der Waals surface area contributed by atoms with Crippen molar-refractivity contribution in [3.63, 3.8) is 0 Å². The fourth-order valence-corrected chi connectivity index (χ4v) is 2.02. The molecule has 0 aromatic rings. The maximum Gasteiger partial charge on any atom is 0.237 e. The van der Waals surface area contributed by atoms with Crippen LogP contribution in [0.25, 0.3) is 0 Å². The number of hydrogen-bond donors (Lipinski definition) is 2. The van der Waals surface area contributed by atoms with Gasteiger partial charge in [-0.1, -0.05) is 13.8 Å². The van der Waals surface area contributed by atoms with E-state index in [1.807, 2.05) is 18.9 Å². The van der Waals surface area contributed by atoms with Gasteiger partial charge in [-0.2, -0.15) is 0 Å². The Bertz CT molecular complexity index is 327. The molecule has 0 aromatic carbocycles. The van der Waals surface area contributed by atoms with Crippen LogP contribution in [-0.4, -0.2) is 74.0 Å². The van der Waals surface area contributed by atoms with E-state index < -0.39 is 0 Å². The van der Waals surface area contributed by atoms with Crippen molar-refractivity contribution >= 4 is 11.8 Å². The molecule has 0 aromatic heterocycles. The zero-order chi connectivity index (χ0) is 15.1. The molecule has 1 saturated heterocycles. The van der Waals surface area contributed by atoms with Crippen LogP contribution in [0.5, 0.6) is 0 Å². The van der Waals surface area contributed by atoms with E-state index in [4.69, 9.17) is 0 Å². The molecular formula is C14H28N4O2. The summed E-state index contributed by atoms with van der Waals surface area (Å²) in [5.41, 5.74) is 0. The second kappa shape index (κ2) is 8.21. The van der Waals surface area contributed by atoms with Crippen molar-refractivity contribution in [1.82, 2.24) is 20.4 Å². The summed E-state index contributed by atoms with van der Waals surface area (Å²) in [7, 11) is 1.82. The lowest BCUT2D eigenvalue weighted by atomic mass is 10.2. The molecule has 2 amide bonds. The Kier molecular flexibility index (Phi) is 6.95. The van der Waals surface area contributed by atoms with E-state index in [9.17, 15) is 9.59 Å². The molecule has 0 saturated carbocycles. The highest BCUT2D eigenvalue weighted by molar-refractivity contribution is 5.83. The maximum atomic E-state index is 12.1. The number of nitrogens with one attached hydrogen (secondary N) is 2. The van der Waals surface area contributed by atoms with Crippen LogP contribution in [0.15, 0.2) is 0 Å². The van der Waals surface area contributed by atoms with Gasteiger partial charge in [-0.15, -0.1) is 0 Å². The Morgan fingerprint density at radius 2 is 1.85 bits per heavy atom. The first kappa shape index (κ1) is 16.9. The van der Waals surface area contributed by atoms with Gasteiger partial charge in [0.1, 0.15) is 0 Å². The number of carbonyl (C=O) groups is 2. The SMILES string of the molecule is CC(C)CNC(=O)C(C)N(C)CC(=O)N1CCNCC1. The molecule has 1 atom stereocenters. The van der Waals surface area contributed by atoms with E-state index in [1.165, 1.54) is 0 Å². The molecule has 0 aliphatic carbocycles. The molecule has 0 radical (unpaired) electrons. The normalized spacial score (nSPS) is 17.4. The smallest absolute Gasteiger partial charge is 0.237 e. The molecule has 20 heavy (non-hydrogen) atoms. The van der Waals surface area contributed by atoms with Crippen molar-refractivity contribution in [2.75, 3.05) is 46.3 Å². The minimum atomic E-state index is -0.291. The minimum absolute atomic E-state index is 0.0192. The zero-order valence-corrected chi connectivity index (χ0v) is 13.1. The van der Waals surface area contributed by atoms with Crippen LogP contribution in [0.1, 0.15) is 20.8 Å². The highest BCUT2D eigenvalue weighted by Crippen LogP contribution is 2.00. The molecule has 1 aliphatic rings. The molecule has 1 aliphatic heterocycles. The van der Waals surface area contributed by atoms with Crippen LogP contribution in [0.4, 0.5) is 0 Å². The van der Waals surface area contributed by atoms with Gasteiger partial charge in [-0.25, -0.2) is 0 Å². The lowest BCUT2D eigenvalue weighted by Crippen LogP contribution is -2.52. The van der Waals surface area contributed by atoms with Crippen LogP contribution >= 0.6 is 0 Å². The molecule has 2 N–H and O–H groups in total. The van der Waals surface area contributed by atoms with E-state index in [1.54, 1.807) is 4.90 Å². The van der Waals surface area contributed by atoms with E-state index in [2.05, 4.69) is 24.5 Å². The summed E-state index contributed by atoms with van der Waals surface area (Å²) in [4.78, 5) is 27.7. The monoisotopic (exact) mass is 284 g/mol. The number of likely N-dealkylation sites (N-methyl/N-ethyl adjacent to an activating group) is 1. The first-order valence-corrected chi connectivity index (χ1v) is 7.38. The first-order valence-electron chi connectivity index (χ1n) is 7.38. The first-order chi connectivity index (χ1) is 9.41. The molecule has 116 valence electrons. The van der Waals surface area contributed by atoms with Crippen LogP contribution in [0.3, 0.4) is 0 Å². The molecule has 1 heterocycles. The van der Waals surface area contributed by atoms with Crippen molar-refractivity contribution in [3.8, 4) is 0 Å². The average molecular weight is 284 g/mol. The van der Waals surface area contributed by atoms with Crippen LogP contribution < -0.4 is 10.6 Å².